The van der Waals surface area contributed by atoms with Gasteiger partial charge in [0, 0.05) is 22.2 Å². The van der Waals surface area contributed by atoms with Gasteiger partial charge in [-0.2, -0.15) is 10.2 Å². The highest BCUT2D eigenvalue weighted by Gasteiger charge is 2.29. The molecule has 1 amide bonds. The van der Waals surface area contributed by atoms with E-state index in [2.05, 4.69) is 25.8 Å². The molecule has 1 aliphatic rings. The Balaban J connectivity index is 1.18. The predicted molar refractivity (Wildman–Crippen MR) is 151 cm³/mol. The molecule has 0 spiro atoms. The molecule has 0 saturated heterocycles. The highest BCUT2D eigenvalue weighted by Crippen LogP contribution is 2.31. The fraction of sp³-hybridized carbons (Fsp3) is 0.310. The Morgan fingerprint density at radius 2 is 2.02 bits per heavy atom. The summed E-state index contributed by atoms with van der Waals surface area (Å²) in [5, 5.41) is 16.0. The van der Waals surface area contributed by atoms with E-state index in [1.807, 2.05) is 42.8 Å². The molecule has 4 N–H and O–H groups in total. The van der Waals surface area contributed by atoms with Crippen molar-refractivity contribution in [3.05, 3.63) is 78.1 Å². The lowest BCUT2D eigenvalue weighted by Gasteiger charge is -2.33. The van der Waals surface area contributed by atoms with Gasteiger partial charge in [0.05, 0.1) is 30.1 Å². The average Bonchev–Trinajstić information content (AvgIpc) is 3.46. The maximum absolute atomic E-state index is 13.6. The largest absolute Gasteiger partial charge is 0.446 e. The Morgan fingerprint density at radius 1 is 1.20 bits per heavy atom. The fourth-order valence-electron chi connectivity index (χ4n) is 5.27. The van der Waals surface area contributed by atoms with Crippen LogP contribution < -0.4 is 16.4 Å². The van der Waals surface area contributed by atoms with Gasteiger partial charge >= 0.3 is 6.09 Å². The number of anilines is 3. The van der Waals surface area contributed by atoms with Crippen LogP contribution in [0, 0.1) is 12.7 Å². The lowest BCUT2D eigenvalue weighted by atomic mass is 9.83. The van der Waals surface area contributed by atoms with Gasteiger partial charge in [0.1, 0.15) is 23.8 Å². The first-order valence-electron chi connectivity index (χ1n) is 13.3. The summed E-state index contributed by atoms with van der Waals surface area (Å²) in [7, 11) is 0. The van der Waals surface area contributed by atoms with Gasteiger partial charge in [0.15, 0.2) is 5.82 Å². The van der Waals surface area contributed by atoms with Crippen molar-refractivity contribution in [2.24, 2.45) is 5.73 Å². The van der Waals surface area contributed by atoms with Crippen molar-refractivity contribution < 1.29 is 13.9 Å². The SMILES string of the molecule is Cc1c(NC(=O)OC2CCC(C)(N)CC2)cn2ncnc(Nc3ccc4c(cnn4Cc4cccc(F)c4)c3)c12. The molecule has 206 valence electrons. The average molecular weight is 543 g/mol. The Morgan fingerprint density at radius 3 is 2.83 bits per heavy atom. The first-order chi connectivity index (χ1) is 19.2. The number of rotatable bonds is 6. The highest BCUT2D eigenvalue weighted by atomic mass is 19.1. The molecule has 0 unspecified atom stereocenters. The second kappa shape index (κ2) is 10.2. The summed E-state index contributed by atoms with van der Waals surface area (Å²) in [6, 6.07) is 12.4. The summed E-state index contributed by atoms with van der Waals surface area (Å²) < 4.78 is 22.8. The van der Waals surface area contributed by atoms with Crippen LogP contribution in [0.4, 0.5) is 26.4 Å². The number of aryl methyl sites for hydroxylation is 1. The van der Waals surface area contributed by atoms with Gasteiger partial charge in [-0.25, -0.2) is 18.7 Å². The maximum Gasteiger partial charge on any atom is 0.411 e. The van der Waals surface area contributed by atoms with Crippen LogP contribution in [0.2, 0.25) is 0 Å². The van der Waals surface area contributed by atoms with Crippen molar-refractivity contribution in [1.82, 2.24) is 24.4 Å². The van der Waals surface area contributed by atoms with Crippen molar-refractivity contribution in [2.75, 3.05) is 10.6 Å². The Labute approximate surface area is 230 Å². The number of amides is 1. The van der Waals surface area contributed by atoms with E-state index in [1.54, 1.807) is 23.0 Å². The number of benzene rings is 2. The van der Waals surface area contributed by atoms with E-state index in [0.717, 1.165) is 58.9 Å². The summed E-state index contributed by atoms with van der Waals surface area (Å²) in [6.45, 7) is 4.40. The molecule has 6 rings (SSSR count). The normalized spacial score (nSPS) is 19.1. The van der Waals surface area contributed by atoms with Crippen molar-refractivity contribution >= 4 is 39.7 Å². The second-order valence-electron chi connectivity index (χ2n) is 10.8. The van der Waals surface area contributed by atoms with Gasteiger partial charge in [-0.3, -0.25) is 10.00 Å². The molecule has 11 heteroatoms. The van der Waals surface area contributed by atoms with Crippen LogP contribution in [0.5, 0.6) is 0 Å². The number of nitrogens with zero attached hydrogens (tertiary/aromatic N) is 5. The molecule has 1 fully saturated rings. The number of carbonyl (C=O) groups is 1. The van der Waals surface area contributed by atoms with E-state index in [0.29, 0.717) is 18.1 Å². The van der Waals surface area contributed by atoms with Crippen LogP contribution in [0.25, 0.3) is 16.4 Å². The zero-order valence-corrected chi connectivity index (χ0v) is 22.4. The van der Waals surface area contributed by atoms with Gasteiger partial charge in [-0.1, -0.05) is 12.1 Å². The minimum atomic E-state index is -0.493. The predicted octanol–water partition coefficient (Wildman–Crippen LogP) is 5.53. The molecule has 1 saturated carbocycles. The molecule has 40 heavy (non-hydrogen) atoms. The maximum atomic E-state index is 13.6. The quantitative estimate of drug-likeness (QED) is 0.258. The zero-order valence-electron chi connectivity index (χ0n) is 22.4. The smallest absolute Gasteiger partial charge is 0.411 e. The third kappa shape index (κ3) is 5.32. The van der Waals surface area contributed by atoms with Gasteiger partial charge < -0.3 is 15.8 Å². The summed E-state index contributed by atoms with van der Waals surface area (Å²) in [4.78, 5) is 17.1. The summed E-state index contributed by atoms with van der Waals surface area (Å²) in [6.07, 6.45) is 7.51. The lowest BCUT2D eigenvalue weighted by Crippen LogP contribution is -2.42. The second-order valence-corrected chi connectivity index (χ2v) is 10.8. The number of hydrogen-bond donors (Lipinski definition) is 3. The number of nitrogens with one attached hydrogen (secondary N) is 2. The summed E-state index contributed by atoms with van der Waals surface area (Å²) in [5.41, 5.74) is 10.7. The van der Waals surface area contributed by atoms with Crippen molar-refractivity contribution in [2.45, 2.75) is 57.7 Å². The Kier molecular flexibility index (Phi) is 6.59. The monoisotopic (exact) mass is 542 g/mol. The van der Waals surface area contributed by atoms with Crippen LogP contribution in [0.3, 0.4) is 0 Å². The topological polar surface area (TPSA) is 124 Å². The molecule has 0 atom stereocenters. The first-order valence-corrected chi connectivity index (χ1v) is 13.3. The number of aromatic nitrogens is 5. The van der Waals surface area contributed by atoms with Gasteiger partial charge in [0.25, 0.3) is 0 Å². The Bertz CT molecular complexity index is 1700. The molecule has 5 aromatic rings. The molecular weight excluding hydrogens is 511 g/mol. The molecule has 0 bridgehead atoms. The third-order valence-corrected chi connectivity index (χ3v) is 7.54. The van der Waals surface area contributed by atoms with Crippen molar-refractivity contribution in [1.29, 1.82) is 0 Å². The van der Waals surface area contributed by atoms with E-state index < -0.39 is 6.09 Å². The van der Waals surface area contributed by atoms with E-state index in [1.165, 1.54) is 18.5 Å². The number of nitrogens with two attached hydrogens (primary N) is 1. The fourth-order valence-corrected chi connectivity index (χ4v) is 5.27. The summed E-state index contributed by atoms with van der Waals surface area (Å²) >= 11 is 0. The number of halogens is 1. The Hall–Kier alpha value is -4.51. The minimum Gasteiger partial charge on any atom is -0.446 e. The van der Waals surface area contributed by atoms with Crippen LogP contribution in [-0.4, -0.2) is 42.1 Å². The van der Waals surface area contributed by atoms with E-state index in [9.17, 15) is 9.18 Å². The standard InChI is InChI=1S/C29H31FN8O2/c1-18-24(36-28(39)40-23-8-10-29(2,31)11-9-23)16-38-26(18)27(32-17-34-38)35-22-6-7-25-20(13-22)14-33-37(25)15-19-4-3-5-21(30)12-19/h3-7,12-14,16-17,23H,8-11,15,31H2,1-2H3,(H,36,39)(H,32,34,35). The third-order valence-electron chi connectivity index (χ3n) is 7.54. The number of fused-ring (bicyclic) bond motifs is 2. The molecule has 1 aliphatic carbocycles. The number of ether oxygens (including phenoxy) is 1. The molecule has 0 aliphatic heterocycles. The zero-order chi connectivity index (χ0) is 27.9. The van der Waals surface area contributed by atoms with Crippen LogP contribution in [-0.2, 0) is 11.3 Å². The lowest BCUT2D eigenvalue weighted by molar-refractivity contribution is 0.0707. The van der Waals surface area contributed by atoms with Crippen molar-refractivity contribution in [3.63, 3.8) is 0 Å². The van der Waals surface area contributed by atoms with Gasteiger partial charge in [-0.05, 0) is 75.4 Å². The van der Waals surface area contributed by atoms with E-state index in [4.69, 9.17) is 10.5 Å². The van der Waals surface area contributed by atoms with Gasteiger partial charge in [-0.15, -0.1) is 0 Å². The van der Waals surface area contributed by atoms with Crippen LogP contribution in [0.1, 0.15) is 43.7 Å². The van der Waals surface area contributed by atoms with Gasteiger partial charge in [0.2, 0.25) is 0 Å². The molecule has 3 heterocycles. The highest BCUT2D eigenvalue weighted by molar-refractivity contribution is 5.91. The molecule has 3 aromatic heterocycles. The minimum absolute atomic E-state index is 0.140. The van der Waals surface area contributed by atoms with Crippen LogP contribution >= 0.6 is 0 Å². The molecule has 10 nitrogen and oxygen atoms in total. The van der Waals surface area contributed by atoms with Crippen molar-refractivity contribution in [3.8, 4) is 0 Å². The number of hydrogen-bond acceptors (Lipinski definition) is 7. The van der Waals surface area contributed by atoms with E-state index >= 15 is 0 Å². The van der Waals surface area contributed by atoms with E-state index in [-0.39, 0.29) is 17.5 Å². The first kappa shape index (κ1) is 25.8. The summed E-state index contributed by atoms with van der Waals surface area (Å²) in [5.74, 6) is 0.325. The van der Waals surface area contributed by atoms with Crippen LogP contribution in [0.15, 0.2) is 61.2 Å². The number of carbonyl (C=O) groups excluding carboxylic acids is 1. The molecule has 2 aromatic carbocycles. The molecule has 0 radical (unpaired) electrons. The molecular formula is C29H31FN8O2.